The van der Waals surface area contributed by atoms with Crippen LogP contribution in [-0.2, 0) is 6.54 Å². The second-order valence-corrected chi connectivity index (χ2v) is 7.24. The second-order valence-electron chi connectivity index (χ2n) is 6.51. The maximum Gasteiger partial charge on any atom is 0.248 e. The minimum atomic E-state index is 0.0951. The van der Waals surface area contributed by atoms with Crippen LogP contribution in [-0.4, -0.2) is 51.2 Å². The first-order valence-electron chi connectivity index (χ1n) is 9.18. The molecule has 29 heavy (non-hydrogen) atoms. The Bertz CT molecular complexity index is 959. The van der Waals surface area contributed by atoms with Gasteiger partial charge in [-0.05, 0) is 30.7 Å². The van der Waals surface area contributed by atoms with Gasteiger partial charge in [0.25, 0.3) is 0 Å². The smallest absolute Gasteiger partial charge is 0.248 e. The number of nitrogens with one attached hydrogen (secondary N) is 2. The summed E-state index contributed by atoms with van der Waals surface area (Å²) in [5, 5.41) is 11.8. The Kier molecular flexibility index (Phi) is 5.86. The Labute approximate surface area is 172 Å². The highest BCUT2D eigenvalue weighted by Crippen LogP contribution is 2.32. The van der Waals surface area contributed by atoms with Gasteiger partial charge in [-0.2, -0.15) is 9.36 Å². The number of nitrogens with zero attached hydrogens (tertiary/aromatic N) is 5. The van der Waals surface area contributed by atoms with E-state index in [0.717, 1.165) is 41.7 Å². The number of nitrogens with two attached hydrogens (primary N) is 1. The van der Waals surface area contributed by atoms with E-state index >= 15 is 0 Å². The highest BCUT2D eigenvalue weighted by molar-refractivity contribution is 7.09. The molecule has 0 aliphatic carbocycles. The van der Waals surface area contributed by atoms with Gasteiger partial charge in [-0.25, -0.2) is 4.98 Å². The summed E-state index contributed by atoms with van der Waals surface area (Å²) in [4.78, 5) is 10.5. The third-order valence-corrected chi connectivity index (χ3v) is 5.09. The topological polar surface area (TPSA) is 127 Å². The van der Waals surface area contributed by atoms with Crippen LogP contribution < -0.4 is 25.4 Å². The molecule has 0 fully saturated rings. The molecule has 4 rings (SSSR count). The predicted molar refractivity (Wildman–Crippen MR) is 110 cm³/mol. The van der Waals surface area contributed by atoms with Crippen LogP contribution in [0.2, 0.25) is 0 Å². The zero-order chi connectivity index (χ0) is 20.1. The van der Waals surface area contributed by atoms with Gasteiger partial charge in [0.2, 0.25) is 17.9 Å². The molecule has 3 heterocycles. The van der Waals surface area contributed by atoms with Gasteiger partial charge in [0.05, 0.1) is 6.54 Å². The first kappa shape index (κ1) is 19.2. The number of anilines is 1. The summed E-state index contributed by atoms with van der Waals surface area (Å²) in [6.45, 7) is 2.88. The third-order valence-electron chi connectivity index (χ3n) is 4.32. The van der Waals surface area contributed by atoms with E-state index in [1.165, 1.54) is 11.5 Å². The van der Waals surface area contributed by atoms with Gasteiger partial charge in [-0.15, -0.1) is 0 Å². The number of rotatable bonds is 10. The van der Waals surface area contributed by atoms with Crippen molar-refractivity contribution in [3.8, 4) is 17.4 Å². The molecule has 1 aromatic carbocycles. The predicted octanol–water partition coefficient (Wildman–Crippen LogP) is 1.37. The van der Waals surface area contributed by atoms with Crippen LogP contribution in [0.15, 0.2) is 36.9 Å². The molecule has 0 saturated carbocycles. The quantitative estimate of drug-likeness (QED) is 0.258. The zero-order valence-corrected chi connectivity index (χ0v) is 16.6. The molecule has 3 aromatic rings. The van der Waals surface area contributed by atoms with Crippen LogP contribution in [0.3, 0.4) is 0 Å². The monoisotopic (exact) mass is 414 g/mol. The number of imidazole rings is 1. The SMILES string of the molecule is N=C(N)CN(CCCNCc1ccc2c(c1)OCO2)c1nc(-n2ccnc2)ns1. The van der Waals surface area contributed by atoms with Crippen LogP contribution in [0, 0.1) is 5.41 Å². The van der Waals surface area contributed by atoms with E-state index in [9.17, 15) is 0 Å². The maximum absolute atomic E-state index is 7.65. The van der Waals surface area contributed by atoms with Crippen molar-refractivity contribution in [3.63, 3.8) is 0 Å². The molecule has 0 amide bonds. The Hall–Kier alpha value is -3.18. The molecule has 1 aliphatic rings. The van der Waals surface area contributed by atoms with Crippen molar-refractivity contribution in [2.45, 2.75) is 13.0 Å². The first-order chi connectivity index (χ1) is 14.2. The summed E-state index contributed by atoms with van der Waals surface area (Å²) in [6, 6.07) is 5.96. The Morgan fingerprint density at radius 3 is 3.07 bits per heavy atom. The molecule has 0 spiro atoms. The van der Waals surface area contributed by atoms with Gasteiger partial charge in [0, 0.05) is 37.0 Å². The van der Waals surface area contributed by atoms with Crippen LogP contribution >= 0.6 is 11.5 Å². The Balaban J connectivity index is 1.28. The molecule has 0 atom stereocenters. The van der Waals surface area contributed by atoms with E-state index in [1.807, 2.05) is 23.1 Å². The van der Waals surface area contributed by atoms with E-state index in [4.69, 9.17) is 20.6 Å². The summed E-state index contributed by atoms with van der Waals surface area (Å²) in [7, 11) is 0. The first-order valence-corrected chi connectivity index (χ1v) is 9.95. The summed E-state index contributed by atoms with van der Waals surface area (Å²) >= 11 is 1.29. The van der Waals surface area contributed by atoms with Gasteiger partial charge < -0.3 is 25.4 Å². The van der Waals surface area contributed by atoms with Crippen molar-refractivity contribution >= 4 is 22.5 Å². The van der Waals surface area contributed by atoms with Crippen molar-refractivity contribution in [1.29, 1.82) is 5.41 Å². The van der Waals surface area contributed by atoms with E-state index in [0.29, 0.717) is 19.0 Å². The van der Waals surface area contributed by atoms with Crippen molar-refractivity contribution in [3.05, 3.63) is 42.5 Å². The lowest BCUT2D eigenvalue weighted by Gasteiger charge is -2.20. The van der Waals surface area contributed by atoms with Crippen LogP contribution in [0.5, 0.6) is 11.5 Å². The molecular formula is C18H22N8O2S. The van der Waals surface area contributed by atoms with Gasteiger partial charge in [-0.1, -0.05) is 6.07 Å². The van der Waals surface area contributed by atoms with E-state index in [2.05, 4.69) is 19.7 Å². The third kappa shape index (κ3) is 4.81. The molecule has 1 aliphatic heterocycles. The van der Waals surface area contributed by atoms with Crippen LogP contribution in [0.1, 0.15) is 12.0 Å². The fourth-order valence-electron chi connectivity index (χ4n) is 2.95. The van der Waals surface area contributed by atoms with Crippen molar-refractivity contribution in [2.24, 2.45) is 5.73 Å². The molecule has 0 radical (unpaired) electrons. The standard InChI is InChI=1S/C18H22N8O2S/c19-16(20)10-25(18-23-17(24-29-18)26-7-5-22-11-26)6-1-4-21-9-13-2-3-14-15(8-13)28-12-27-14/h2-3,5,7-8,11,21H,1,4,6,9-10,12H2,(H3,19,20). The molecule has 0 unspecified atom stereocenters. The number of aromatic nitrogens is 4. The molecule has 2 aromatic heterocycles. The highest BCUT2D eigenvalue weighted by Gasteiger charge is 2.15. The maximum atomic E-state index is 7.65. The van der Waals surface area contributed by atoms with E-state index in [-0.39, 0.29) is 12.6 Å². The van der Waals surface area contributed by atoms with E-state index < -0.39 is 0 Å². The molecule has 0 saturated heterocycles. The summed E-state index contributed by atoms with van der Waals surface area (Å²) in [5.74, 6) is 2.25. The Morgan fingerprint density at radius 2 is 2.24 bits per heavy atom. The van der Waals surface area contributed by atoms with Crippen molar-refractivity contribution in [2.75, 3.05) is 31.3 Å². The lowest BCUT2D eigenvalue weighted by molar-refractivity contribution is 0.174. The number of fused-ring (bicyclic) bond motifs is 1. The fourth-order valence-corrected chi connectivity index (χ4v) is 3.64. The molecule has 0 bridgehead atoms. The molecule has 152 valence electrons. The molecule has 11 heteroatoms. The number of ether oxygens (including phenoxy) is 2. The minimum Gasteiger partial charge on any atom is -0.454 e. The number of benzene rings is 1. The number of amidine groups is 1. The van der Waals surface area contributed by atoms with Crippen molar-refractivity contribution < 1.29 is 9.47 Å². The van der Waals surface area contributed by atoms with Crippen LogP contribution in [0.25, 0.3) is 5.95 Å². The number of hydrogen-bond donors (Lipinski definition) is 3. The molecule has 10 nitrogen and oxygen atoms in total. The van der Waals surface area contributed by atoms with Gasteiger partial charge in [-0.3, -0.25) is 9.98 Å². The van der Waals surface area contributed by atoms with Gasteiger partial charge >= 0.3 is 0 Å². The fraction of sp³-hybridized carbons (Fsp3) is 0.333. The van der Waals surface area contributed by atoms with Gasteiger partial charge in [0.1, 0.15) is 12.2 Å². The summed E-state index contributed by atoms with van der Waals surface area (Å²) < 4.78 is 16.8. The normalized spacial score (nSPS) is 12.3. The Morgan fingerprint density at radius 1 is 1.34 bits per heavy atom. The molecule has 4 N–H and O–H groups in total. The average molecular weight is 414 g/mol. The average Bonchev–Trinajstić information content (AvgIpc) is 3.47. The second kappa shape index (κ2) is 8.88. The lowest BCUT2D eigenvalue weighted by atomic mass is 10.2. The van der Waals surface area contributed by atoms with E-state index in [1.54, 1.807) is 23.3 Å². The lowest BCUT2D eigenvalue weighted by Crippen LogP contribution is -2.35. The minimum absolute atomic E-state index is 0.0951. The summed E-state index contributed by atoms with van der Waals surface area (Å²) in [5.41, 5.74) is 6.77. The number of hydrogen-bond acceptors (Lipinski definition) is 9. The van der Waals surface area contributed by atoms with Gasteiger partial charge in [0.15, 0.2) is 11.5 Å². The van der Waals surface area contributed by atoms with Crippen LogP contribution in [0.4, 0.5) is 5.13 Å². The summed E-state index contributed by atoms with van der Waals surface area (Å²) in [6.07, 6.45) is 6.00. The molecular weight excluding hydrogens is 392 g/mol. The largest absolute Gasteiger partial charge is 0.454 e. The highest BCUT2D eigenvalue weighted by atomic mass is 32.1. The zero-order valence-electron chi connectivity index (χ0n) is 15.7. The van der Waals surface area contributed by atoms with Crippen molar-refractivity contribution in [1.82, 2.24) is 24.2 Å².